The molecule has 0 heterocycles. The third kappa shape index (κ3) is 3.24. The molecule has 0 bridgehead atoms. The van der Waals surface area contributed by atoms with Crippen molar-refractivity contribution in [2.45, 2.75) is 39.2 Å². The zero-order chi connectivity index (χ0) is 11.5. The molecule has 1 atom stereocenters. The van der Waals surface area contributed by atoms with Gasteiger partial charge in [0.2, 0.25) is 0 Å². The number of hydrogen-bond acceptors (Lipinski definition) is 2. The fraction of sp³-hybridized carbons (Fsp3) is 0.571. The molecular formula is C14H21NO. The van der Waals surface area contributed by atoms with Crippen LogP contribution < -0.4 is 10.5 Å². The molecule has 1 fully saturated rings. The van der Waals surface area contributed by atoms with Crippen LogP contribution in [0.1, 0.15) is 30.4 Å². The van der Waals surface area contributed by atoms with Crippen molar-refractivity contribution in [1.29, 1.82) is 0 Å². The van der Waals surface area contributed by atoms with Gasteiger partial charge in [-0.25, -0.2) is 0 Å². The molecule has 2 heteroatoms. The van der Waals surface area contributed by atoms with Crippen LogP contribution >= 0.6 is 0 Å². The molecule has 16 heavy (non-hydrogen) atoms. The minimum Gasteiger partial charge on any atom is -0.494 e. The van der Waals surface area contributed by atoms with Crippen molar-refractivity contribution in [3.8, 4) is 5.75 Å². The Morgan fingerprint density at radius 2 is 1.88 bits per heavy atom. The molecule has 1 aromatic carbocycles. The lowest BCUT2D eigenvalue weighted by Gasteiger charge is -2.12. The lowest BCUT2D eigenvalue weighted by molar-refractivity contribution is 0.291. The summed E-state index contributed by atoms with van der Waals surface area (Å²) >= 11 is 0. The molecule has 1 aliphatic carbocycles. The molecule has 0 amide bonds. The highest BCUT2D eigenvalue weighted by Gasteiger charge is 2.27. The van der Waals surface area contributed by atoms with Gasteiger partial charge in [-0.05, 0) is 62.3 Å². The molecule has 1 saturated carbocycles. The highest BCUT2D eigenvalue weighted by molar-refractivity contribution is 5.32. The second kappa shape index (κ2) is 4.88. The summed E-state index contributed by atoms with van der Waals surface area (Å²) in [5.41, 5.74) is 8.53. The number of aryl methyl sites for hydroxylation is 2. The van der Waals surface area contributed by atoms with Gasteiger partial charge in [0.25, 0.3) is 0 Å². The fourth-order valence-electron chi connectivity index (χ4n) is 2.09. The largest absolute Gasteiger partial charge is 0.494 e. The molecule has 88 valence electrons. The van der Waals surface area contributed by atoms with E-state index in [0.29, 0.717) is 6.04 Å². The van der Waals surface area contributed by atoms with E-state index >= 15 is 0 Å². The number of ether oxygens (including phenoxy) is 1. The predicted molar refractivity (Wildman–Crippen MR) is 66.7 cm³/mol. The molecule has 0 saturated heterocycles. The Balaban J connectivity index is 1.79. The van der Waals surface area contributed by atoms with E-state index in [9.17, 15) is 0 Å². The van der Waals surface area contributed by atoms with Crippen LogP contribution in [0.15, 0.2) is 18.2 Å². The van der Waals surface area contributed by atoms with Crippen molar-refractivity contribution in [3.05, 3.63) is 29.3 Å². The van der Waals surface area contributed by atoms with Crippen molar-refractivity contribution in [3.63, 3.8) is 0 Å². The van der Waals surface area contributed by atoms with Gasteiger partial charge in [0.15, 0.2) is 0 Å². The van der Waals surface area contributed by atoms with Gasteiger partial charge in [0, 0.05) is 6.04 Å². The summed E-state index contributed by atoms with van der Waals surface area (Å²) in [6, 6.07) is 6.65. The second-order valence-corrected chi connectivity index (χ2v) is 4.96. The maximum Gasteiger partial charge on any atom is 0.119 e. The molecule has 1 aliphatic rings. The van der Waals surface area contributed by atoms with Gasteiger partial charge in [-0.1, -0.05) is 6.07 Å². The molecule has 2 rings (SSSR count). The van der Waals surface area contributed by atoms with Gasteiger partial charge in [-0.3, -0.25) is 0 Å². The molecule has 0 spiro atoms. The number of rotatable bonds is 5. The lowest BCUT2D eigenvalue weighted by Crippen LogP contribution is -2.24. The minimum atomic E-state index is 0.339. The predicted octanol–water partition coefficient (Wildman–Crippen LogP) is 2.81. The monoisotopic (exact) mass is 219 g/mol. The van der Waals surface area contributed by atoms with E-state index in [0.717, 1.165) is 24.7 Å². The van der Waals surface area contributed by atoms with Crippen molar-refractivity contribution in [2.75, 3.05) is 6.61 Å². The summed E-state index contributed by atoms with van der Waals surface area (Å²) in [6.45, 7) is 4.92. The maximum atomic E-state index is 6.02. The SMILES string of the molecule is Cc1cc(C)cc(OCCC(N)C2CC2)c1. The minimum absolute atomic E-state index is 0.339. The van der Waals surface area contributed by atoms with Gasteiger partial charge in [-0.2, -0.15) is 0 Å². The molecule has 0 radical (unpaired) electrons. The first-order valence-electron chi connectivity index (χ1n) is 6.12. The molecule has 1 unspecified atom stereocenters. The van der Waals surface area contributed by atoms with Gasteiger partial charge >= 0.3 is 0 Å². The molecule has 0 aliphatic heterocycles. The van der Waals surface area contributed by atoms with Crippen molar-refractivity contribution in [1.82, 2.24) is 0 Å². The topological polar surface area (TPSA) is 35.2 Å². The Bertz CT molecular complexity index is 338. The second-order valence-electron chi connectivity index (χ2n) is 4.96. The summed E-state index contributed by atoms with van der Waals surface area (Å²) < 4.78 is 5.74. The average Bonchev–Trinajstić information content (AvgIpc) is 2.98. The molecule has 0 aromatic heterocycles. The third-order valence-corrected chi connectivity index (χ3v) is 3.14. The van der Waals surface area contributed by atoms with Gasteiger partial charge in [-0.15, -0.1) is 0 Å². The fourth-order valence-corrected chi connectivity index (χ4v) is 2.09. The molecular weight excluding hydrogens is 198 g/mol. The summed E-state index contributed by atoms with van der Waals surface area (Å²) in [5.74, 6) is 1.74. The zero-order valence-corrected chi connectivity index (χ0v) is 10.2. The summed E-state index contributed by atoms with van der Waals surface area (Å²) in [7, 11) is 0. The van der Waals surface area contributed by atoms with E-state index in [4.69, 9.17) is 10.5 Å². The van der Waals surface area contributed by atoms with Gasteiger partial charge in [0.1, 0.15) is 5.75 Å². The smallest absolute Gasteiger partial charge is 0.119 e. The first-order valence-corrected chi connectivity index (χ1v) is 6.12. The number of benzene rings is 1. The highest BCUT2D eigenvalue weighted by Crippen LogP contribution is 2.32. The van der Waals surface area contributed by atoms with Crippen LogP contribution in [0.4, 0.5) is 0 Å². The van der Waals surface area contributed by atoms with Crippen LogP contribution in [0.5, 0.6) is 5.75 Å². The lowest BCUT2D eigenvalue weighted by atomic mass is 10.1. The van der Waals surface area contributed by atoms with E-state index in [1.54, 1.807) is 0 Å². The van der Waals surface area contributed by atoms with Gasteiger partial charge < -0.3 is 10.5 Å². The summed E-state index contributed by atoms with van der Waals surface area (Å²) in [5, 5.41) is 0. The van der Waals surface area contributed by atoms with E-state index < -0.39 is 0 Å². The van der Waals surface area contributed by atoms with Crippen LogP contribution in [-0.4, -0.2) is 12.6 Å². The number of nitrogens with two attached hydrogens (primary N) is 1. The van der Waals surface area contributed by atoms with Gasteiger partial charge in [0.05, 0.1) is 6.61 Å². The van der Waals surface area contributed by atoms with Crippen molar-refractivity contribution >= 4 is 0 Å². The normalized spacial score (nSPS) is 17.2. The Morgan fingerprint density at radius 3 is 2.44 bits per heavy atom. The van der Waals surface area contributed by atoms with Crippen LogP contribution in [0, 0.1) is 19.8 Å². The molecule has 2 nitrogen and oxygen atoms in total. The first-order chi connectivity index (χ1) is 7.65. The van der Waals surface area contributed by atoms with Crippen molar-refractivity contribution < 1.29 is 4.74 Å². The Labute approximate surface area is 97.8 Å². The van der Waals surface area contributed by atoms with E-state index in [1.807, 2.05) is 0 Å². The number of hydrogen-bond donors (Lipinski definition) is 1. The van der Waals surface area contributed by atoms with Crippen LogP contribution in [0.25, 0.3) is 0 Å². The van der Waals surface area contributed by atoms with E-state index in [-0.39, 0.29) is 0 Å². The first kappa shape index (κ1) is 11.5. The Morgan fingerprint density at radius 1 is 1.25 bits per heavy atom. The van der Waals surface area contributed by atoms with E-state index in [2.05, 4.69) is 32.0 Å². The quantitative estimate of drug-likeness (QED) is 0.826. The summed E-state index contributed by atoms with van der Waals surface area (Å²) in [6.07, 6.45) is 3.59. The third-order valence-electron chi connectivity index (χ3n) is 3.14. The van der Waals surface area contributed by atoms with Crippen LogP contribution in [0.3, 0.4) is 0 Å². The highest BCUT2D eigenvalue weighted by atomic mass is 16.5. The standard InChI is InChI=1S/C14H21NO/c1-10-7-11(2)9-13(8-10)16-6-5-14(15)12-3-4-12/h7-9,12,14H,3-6,15H2,1-2H3. The van der Waals surface area contributed by atoms with Crippen molar-refractivity contribution in [2.24, 2.45) is 11.7 Å². The average molecular weight is 219 g/mol. The Hall–Kier alpha value is -1.02. The van der Waals surface area contributed by atoms with Crippen LogP contribution in [-0.2, 0) is 0 Å². The van der Waals surface area contributed by atoms with Crippen LogP contribution in [0.2, 0.25) is 0 Å². The Kier molecular flexibility index (Phi) is 3.49. The molecule has 2 N–H and O–H groups in total. The van der Waals surface area contributed by atoms with E-state index in [1.165, 1.54) is 24.0 Å². The summed E-state index contributed by atoms with van der Waals surface area (Å²) in [4.78, 5) is 0. The zero-order valence-electron chi connectivity index (χ0n) is 10.2. The molecule has 1 aromatic rings. The maximum absolute atomic E-state index is 6.02.